The van der Waals surface area contributed by atoms with Gasteiger partial charge in [0.05, 0.1) is 0 Å². The lowest BCUT2D eigenvalue weighted by molar-refractivity contribution is -0.464. The molecule has 1 unspecified atom stereocenters. The van der Waals surface area contributed by atoms with E-state index >= 15 is 0 Å². The fourth-order valence-corrected chi connectivity index (χ4v) is 3.89. The Morgan fingerprint density at radius 3 is 2.53 bits per heavy atom. The zero-order chi connectivity index (χ0) is 12.3. The van der Waals surface area contributed by atoms with E-state index in [1.54, 1.807) is 0 Å². The molecule has 0 N–H and O–H groups in total. The SMILES string of the molecule is CSC1=CC(=[N+](C)C)CC(c2ccccc2)S1. The highest BCUT2D eigenvalue weighted by molar-refractivity contribution is 8.22. The molecule has 0 aromatic heterocycles. The lowest BCUT2D eigenvalue weighted by atomic mass is 10.1. The molecule has 1 aliphatic heterocycles. The summed E-state index contributed by atoms with van der Waals surface area (Å²) in [5, 5.41) is 0.557. The molecule has 1 nitrogen and oxygen atoms in total. The van der Waals surface area contributed by atoms with Gasteiger partial charge >= 0.3 is 0 Å². The van der Waals surface area contributed by atoms with Gasteiger partial charge in [0, 0.05) is 22.0 Å². The summed E-state index contributed by atoms with van der Waals surface area (Å²) >= 11 is 3.82. The van der Waals surface area contributed by atoms with Crippen molar-refractivity contribution in [2.75, 3.05) is 20.4 Å². The molecule has 17 heavy (non-hydrogen) atoms. The molecule has 1 aromatic rings. The van der Waals surface area contributed by atoms with Gasteiger partial charge < -0.3 is 0 Å². The number of allylic oxidation sites excluding steroid dienone is 1. The van der Waals surface area contributed by atoms with Crippen LogP contribution in [0.1, 0.15) is 17.2 Å². The van der Waals surface area contributed by atoms with Crippen molar-refractivity contribution in [3.8, 4) is 0 Å². The molecule has 1 aromatic carbocycles. The molecule has 0 saturated carbocycles. The van der Waals surface area contributed by atoms with E-state index in [0.717, 1.165) is 6.42 Å². The normalized spacial score (nSPS) is 20.1. The zero-order valence-corrected chi connectivity index (χ0v) is 12.1. The van der Waals surface area contributed by atoms with Gasteiger partial charge in [-0.05, 0) is 11.8 Å². The maximum atomic E-state index is 2.31. The van der Waals surface area contributed by atoms with Crippen LogP contribution in [0.15, 0.2) is 40.6 Å². The van der Waals surface area contributed by atoms with Crippen LogP contribution in [0.5, 0.6) is 0 Å². The molecule has 3 heteroatoms. The minimum Gasteiger partial charge on any atom is -0.239 e. The summed E-state index contributed by atoms with van der Waals surface area (Å²) < 4.78 is 3.64. The first kappa shape index (κ1) is 12.8. The van der Waals surface area contributed by atoms with E-state index in [4.69, 9.17) is 0 Å². The van der Waals surface area contributed by atoms with Gasteiger partial charge in [-0.3, -0.25) is 0 Å². The van der Waals surface area contributed by atoms with Gasteiger partial charge in [0.1, 0.15) is 14.1 Å². The highest BCUT2D eigenvalue weighted by atomic mass is 32.2. The molecule has 0 fully saturated rings. The molecule has 1 heterocycles. The Kier molecular flexibility index (Phi) is 4.35. The number of hydrogen-bond acceptors (Lipinski definition) is 2. The first-order valence-corrected chi connectivity index (χ1v) is 7.81. The van der Waals surface area contributed by atoms with E-state index < -0.39 is 0 Å². The number of rotatable bonds is 2. The largest absolute Gasteiger partial charge is 0.239 e. The van der Waals surface area contributed by atoms with Crippen molar-refractivity contribution in [2.24, 2.45) is 0 Å². The molecule has 1 atom stereocenters. The van der Waals surface area contributed by atoms with Crippen LogP contribution in [-0.2, 0) is 0 Å². The topological polar surface area (TPSA) is 3.01 Å². The molecule has 0 aliphatic carbocycles. The van der Waals surface area contributed by atoms with E-state index in [2.05, 4.69) is 61.3 Å². The van der Waals surface area contributed by atoms with E-state index in [1.165, 1.54) is 15.5 Å². The molecule has 1 aliphatic rings. The molecule has 0 amide bonds. The third kappa shape index (κ3) is 3.17. The average Bonchev–Trinajstić information content (AvgIpc) is 2.39. The Morgan fingerprint density at radius 2 is 1.94 bits per heavy atom. The summed E-state index contributed by atoms with van der Waals surface area (Å²) in [7, 11) is 4.25. The highest BCUT2D eigenvalue weighted by Crippen LogP contribution is 2.44. The Bertz CT molecular complexity index is 445. The molecule has 0 saturated heterocycles. The predicted molar refractivity (Wildman–Crippen MR) is 80.1 cm³/mol. The minimum atomic E-state index is 0.557. The number of nitrogens with zero attached hydrogens (tertiary/aromatic N) is 1. The lowest BCUT2D eigenvalue weighted by Crippen LogP contribution is -2.17. The van der Waals surface area contributed by atoms with Crippen LogP contribution in [0.3, 0.4) is 0 Å². The van der Waals surface area contributed by atoms with E-state index in [9.17, 15) is 0 Å². The molecule has 0 bridgehead atoms. The van der Waals surface area contributed by atoms with Crippen molar-refractivity contribution >= 4 is 29.2 Å². The summed E-state index contributed by atoms with van der Waals surface area (Å²) in [6, 6.07) is 10.8. The number of hydrogen-bond donors (Lipinski definition) is 0. The van der Waals surface area contributed by atoms with Crippen LogP contribution in [0.2, 0.25) is 0 Å². The fraction of sp³-hybridized carbons (Fsp3) is 0.357. The first-order valence-electron chi connectivity index (χ1n) is 5.71. The van der Waals surface area contributed by atoms with Gasteiger partial charge in [-0.15, -0.1) is 23.5 Å². The third-order valence-corrected chi connectivity index (χ3v) is 5.27. The van der Waals surface area contributed by atoms with Crippen molar-refractivity contribution in [3.63, 3.8) is 0 Å². The molecular weight excluding hydrogens is 246 g/mol. The Morgan fingerprint density at radius 1 is 1.24 bits per heavy atom. The minimum absolute atomic E-state index is 0.557. The van der Waals surface area contributed by atoms with Crippen LogP contribution in [0.4, 0.5) is 0 Å². The van der Waals surface area contributed by atoms with Gasteiger partial charge in [0.2, 0.25) is 0 Å². The Hall–Kier alpha value is -0.670. The van der Waals surface area contributed by atoms with Crippen molar-refractivity contribution in [2.45, 2.75) is 11.7 Å². The van der Waals surface area contributed by atoms with Crippen molar-refractivity contribution in [1.82, 2.24) is 0 Å². The third-order valence-electron chi connectivity index (χ3n) is 2.88. The van der Waals surface area contributed by atoms with E-state index in [-0.39, 0.29) is 0 Å². The van der Waals surface area contributed by atoms with Gasteiger partial charge in [-0.25, -0.2) is 4.58 Å². The van der Waals surface area contributed by atoms with E-state index in [1.807, 2.05) is 23.5 Å². The summed E-state index contributed by atoms with van der Waals surface area (Å²) in [6.07, 6.45) is 5.58. The van der Waals surface area contributed by atoms with Crippen LogP contribution in [0, 0.1) is 0 Å². The maximum absolute atomic E-state index is 2.31. The summed E-state index contributed by atoms with van der Waals surface area (Å²) in [6.45, 7) is 0. The van der Waals surface area contributed by atoms with Crippen LogP contribution in [-0.4, -0.2) is 30.6 Å². The van der Waals surface area contributed by atoms with Gasteiger partial charge in [-0.1, -0.05) is 30.3 Å². The molecule has 90 valence electrons. The van der Waals surface area contributed by atoms with Crippen LogP contribution in [0.25, 0.3) is 0 Å². The van der Waals surface area contributed by atoms with E-state index in [0.29, 0.717) is 5.25 Å². The Balaban J connectivity index is 2.29. The molecule has 2 rings (SSSR count). The second-order valence-corrected chi connectivity index (χ2v) is 6.63. The maximum Gasteiger partial charge on any atom is 0.178 e. The monoisotopic (exact) mass is 264 g/mol. The summed E-state index contributed by atoms with van der Waals surface area (Å²) in [5.74, 6) is 0. The quantitative estimate of drug-likeness (QED) is 0.748. The average molecular weight is 264 g/mol. The first-order chi connectivity index (χ1) is 8.20. The second kappa shape index (κ2) is 5.78. The van der Waals surface area contributed by atoms with Crippen LogP contribution < -0.4 is 0 Å². The highest BCUT2D eigenvalue weighted by Gasteiger charge is 2.24. The van der Waals surface area contributed by atoms with Gasteiger partial charge in [0.25, 0.3) is 0 Å². The van der Waals surface area contributed by atoms with Crippen molar-refractivity contribution < 1.29 is 4.58 Å². The smallest absolute Gasteiger partial charge is 0.178 e. The van der Waals surface area contributed by atoms with Crippen molar-refractivity contribution in [1.29, 1.82) is 0 Å². The molecule has 0 radical (unpaired) electrons. The second-order valence-electron chi connectivity index (χ2n) is 4.27. The predicted octanol–water partition coefficient (Wildman–Crippen LogP) is 3.78. The van der Waals surface area contributed by atoms with Crippen LogP contribution >= 0.6 is 23.5 Å². The number of benzene rings is 1. The van der Waals surface area contributed by atoms with Gasteiger partial charge in [-0.2, -0.15) is 0 Å². The zero-order valence-electron chi connectivity index (χ0n) is 10.5. The Labute approximate surface area is 112 Å². The van der Waals surface area contributed by atoms with Crippen molar-refractivity contribution in [3.05, 3.63) is 46.2 Å². The summed E-state index contributed by atoms with van der Waals surface area (Å²) in [5.41, 5.74) is 2.85. The standard InChI is InChI=1S/C14H18NS2/c1-15(2)12-9-13(17-14(10-12)16-3)11-7-5-4-6-8-11/h4-8,10,13H,9H2,1-3H3/q+1. The summed E-state index contributed by atoms with van der Waals surface area (Å²) in [4.78, 5) is 0. The molecular formula is C14H18NS2+. The lowest BCUT2D eigenvalue weighted by Gasteiger charge is -2.21. The number of thioether (sulfide) groups is 2. The fourth-order valence-electron chi connectivity index (χ4n) is 1.87. The van der Waals surface area contributed by atoms with Gasteiger partial charge in [0.15, 0.2) is 5.71 Å². The molecule has 0 spiro atoms.